The van der Waals surface area contributed by atoms with E-state index in [0.717, 1.165) is 22.2 Å². The van der Waals surface area contributed by atoms with Crippen LogP contribution in [-0.2, 0) is 0 Å². The van der Waals surface area contributed by atoms with Crippen molar-refractivity contribution in [3.05, 3.63) is 11.0 Å². The van der Waals surface area contributed by atoms with E-state index in [1.54, 1.807) is 0 Å². The smallest absolute Gasteiger partial charge is 0.107 e. The third kappa shape index (κ3) is 2.35. The number of rotatable bonds is 3. The Morgan fingerprint density at radius 2 is 2.07 bits per heavy atom. The van der Waals surface area contributed by atoms with E-state index in [1.807, 2.05) is 23.7 Å². The van der Waals surface area contributed by atoms with Gasteiger partial charge < -0.3 is 4.90 Å². The first-order valence-electron chi connectivity index (χ1n) is 4.77. The summed E-state index contributed by atoms with van der Waals surface area (Å²) in [6.07, 6.45) is 3.15. The van der Waals surface area contributed by atoms with E-state index in [-0.39, 0.29) is 0 Å². The molecule has 78 valence electrons. The molecule has 1 unspecified atom stereocenters. The van der Waals surface area contributed by atoms with Gasteiger partial charge in [-0.25, -0.2) is 0 Å². The molecule has 0 aromatic rings. The predicted octanol–water partition coefficient (Wildman–Crippen LogP) is 3.25. The Hall–Kier alpha value is 0.0700. The molecule has 14 heavy (non-hydrogen) atoms. The summed E-state index contributed by atoms with van der Waals surface area (Å²) in [5.41, 5.74) is 0. The second-order valence-corrected chi connectivity index (χ2v) is 5.35. The van der Waals surface area contributed by atoms with Crippen LogP contribution >= 0.6 is 36.2 Å². The zero-order valence-electron chi connectivity index (χ0n) is 8.74. The van der Waals surface area contributed by atoms with Crippen molar-refractivity contribution in [1.82, 2.24) is 4.90 Å². The summed E-state index contributed by atoms with van der Waals surface area (Å²) in [4.78, 5) is 5.09. The molecular formula is C10H15NS3. The maximum absolute atomic E-state index is 5.40. The highest BCUT2D eigenvalue weighted by atomic mass is 32.2. The van der Waals surface area contributed by atoms with Gasteiger partial charge in [0.25, 0.3) is 0 Å². The Morgan fingerprint density at radius 3 is 2.57 bits per heavy atom. The van der Waals surface area contributed by atoms with Gasteiger partial charge in [0.1, 0.15) is 4.99 Å². The molecule has 0 aromatic heterocycles. The molecule has 0 spiro atoms. The highest BCUT2D eigenvalue weighted by molar-refractivity contribution is 8.03. The molecule has 0 aliphatic carbocycles. The Balaban J connectivity index is 2.95. The number of thioether (sulfide) groups is 1. The molecule has 0 amide bonds. The molecule has 1 nitrogen and oxygen atoms in total. The standard InChI is InChI=1S/C10H15NS3/c1-4-7-8(14-5-2)6-9(12)11(3)10(7)13/h6-7H,4-5H2,1-3H3. The van der Waals surface area contributed by atoms with Crippen LogP contribution in [-0.4, -0.2) is 27.7 Å². The fourth-order valence-corrected chi connectivity index (χ4v) is 3.30. The molecule has 1 rings (SSSR count). The number of hydrogen-bond donors (Lipinski definition) is 0. The Morgan fingerprint density at radius 1 is 1.43 bits per heavy atom. The number of nitrogens with zero attached hydrogens (tertiary/aromatic N) is 1. The average molecular weight is 245 g/mol. The molecule has 1 aliphatic rings. The Labute approximate surface area is 101 Å². The second-order valence-electron chi connectivity index (χ2n) is 3.18. The first-order valence-corrected chi connectivity index (χ1v) is 6.57. The third-order valence-corrected chi connectivity index (χ3v) is 4.26. The molecule has 0 N–H and O–H groups in total. The maximum atomic E-state index is 5.40. The van der Waals surface area contributed by atoms with E-state index in [0.29, 0.717) is 5.92 Å². The van der Waals surface area contributed by atoms with Crippen molar-refractivity contribution >= 4 is 46.2 Å². The van der Waals surface area contributed by atoms with E-state index in [2.05, 4.69) is 19.9 Å². The molecule has 0 saturated heterocycles. The van der Waals surface area contributed by atoms with Crippen molar-refractivity contribution < 1.29 is 0 Å². The molecule has 1 atom stereocenters. The van der Waals surface area contributed by atoms with Gasteiger partial charge in [-0.3, -0.25) is 0 Å². The van der Waals surface area contributed by atoms with E-state index in [9.17, 15) is 0 Å². The zero-order chi connectivity index (χ0) is 10.7. The van der Waals surface area contributed by atoms with E-state index in [4.69, 9.17) is 24.4 Å². The van der Waals surface area contributed by atoms with Crippen molar-refractivity contribution in [3.8, 4) is 0 Å². The monoisotopic (exact) mass is 245 g/mol. The summed E-state index contributed by atoms with van der Waals surface area (Å²) in [7, 11) is 1.96. The summed E-state index contributed by atoms with van der Waals surface area (Å²) >= 11 is 12.5. The van der Waals surface area contributed by atoms with E-state index in [1.165, 1.54) is 4.91 Å². The van der Waals surface area contributed by atoms with Gasteiger partial charge in [0.2, 0.25) is 0 Å². The minimum absolute atomic E-state index is 0.395. The minimum Gasteiger partial charge on any atom is -0.330 e. The van der Waals surface area contributed by atoms with Crippen LogP contribution in [0, 0.1) is 5.92 Å². The number of thiocarbonyl (C=S) groups is 2. The molecule has 1 aliphatic heterocycles. The van der Waals surface area contributed by atoms with E-state index >= 15 is 0 Å². The quantitative estimate of drug-likeness (QED) is 0.702. The minimum atomic E-state index is 0.395. The lowest BCUT2D eigenvalue weighted by atomic mass is 10.0. The topological polar surface area (TPSA) is 3.24 Å². The van der Waals surface area contributed by atoms with Crippen LogP contribution in [0.25, 0.3) is 0 Å². The highest BCUT2D eigenvalue weighted by Crippen LogP contribution is 2.32. The van der Waals surface area contributed by atoms with Gasteiger partial charge in [-0.2, -0.15) is 0 Å². The van der Waals surface area contributed by atoms with Crippen molar-refractivity contribution in [2.75, 3.05) is 12.8 Å². The molecule has 0 aromatic carbocycles. The fourth-order valence-electron chi connectivity index (χ4n) is 1.47. The van der Waals surface area contributed by atoms with Crippen LogP contribution in [0.15, 0.2) is 11.0 Å². The molecule has 0 radical (unpaired) electrons. The summed E-state index contributed by atoms with van der Waals surface area (Å²) in [5, 5.41) is 0. The van der Waals surface area contributed by atoms with Gasteiger partial charge in [-0.1, -0.05) is 38.3 Å². The molecule has 1 heterocycles. The summed E-state index contributed by atoms with van der Waals surface area (Å²) in [5.74, 6) is 1.48. The van der Waals surface area contributed by atoms with Crippen LogP contribution in [0.4, 0.5) is 0 Å². The summed E-state index contributed by atoms with van der Waals surface area (Å²) in [6.45, 7) is 4.33. The van der Waals surface area contributed by atoms with Crippen LogP contribution in [0.2, 0.25) is 0 Å². The van der Waals surface area contributed by atoms with Crippen molar-refractivity contribution in [2.24, 2.45) is 5.92 Å². The molecule has 0 bridgehead atoms. The zero-order valence-corrected chi connectivity index (χ0v) is 11.2. The lowest BCUT2D eigenvalue weighted by Gasteiger charge is -2.31. The van der Waals surface area contributed by atoms with Crippen LogP contribution in [0.1, 0.15) is 20.3 Å². The van der Waals surface area contributed by atoms with Crippen LogP contribution in [0.3, 0.4) is 0 Å². The molecule has 0 fully saturated rings. The van der Waals surface area contributed by atoms with Gasteiger partial charge in [0.05, 0.1) is 4.99 Å². The van der Waals surface area contributed by atoms with Gasteiger partial charge in [-0.05, 0) is 23.2 Å². The molecular weight excluding hydrogens is 230 g/mol. The summed E-state index contributed by atoms with van der Waals surface area (Å²) < 4.78 is 0. The SMILES string of the molecule is CCSC1=CC(=S)N(C)C(=S)C1CC. The normalized spacial score (nSPS) is 22.6. The molecule has 4 heteroatoms. The first kappa shape index (κ1) is 12.1. The lowest BCUT2D eigenvalue weighted by molar-refractivity contribution is 0.673. The van der Waals surface area contributed by atoms with E-state index < -0.39 is 0 Å². The Bertz CT molecular complexity index is 283. The fraction of sp³-hybridized carbons (Fsp3) is 0.600. The molecule has 0 saturated carbocycles. The van der Waals surface area contributed by atoms with Crippen LogP contribution in [0.5, 0.6) is 0 Å². The second kappa shape index (κ2) is 5.24. The maximum Gasteiger partial charge on any atom is 0.107 e. The summed E-state index contributed by atoms with van der Waals surface area (Å²) in [6, 6.07) is 0. The Kier molecular flexibility index (Phi) is 4.54. The third-order valence-electron chi connectivity index (χ3n) is 2.29. The predicted molar refractivity (Wildman–Crippen MR) is 73.0 cm³/mol. The van der Waals surface area contributed by atoms with Crippen LogP contribution < -0.4 is 0 Å². The van der Waals surface area contributed by atoms with Crippen molar-refractivity contribution in [3.63, 3.8) is 0 Å². The lowest BCUT2D eigenvalue weighted by Crippen LogP contribution is -2.38. The van der Waals surface area contributed by atoms with Crippen molar-refractivity contribution in [1.29, 1.82) is 0 Å². The number of hydrogen-bond acceptors (Lipinski definition) is 3. The first-order chi connectivity index (χ1) is 6.61. The van der Waals surface area contributed by atoms with Crippen molar-refractivity contribution in [2.45, 2.75) is 20.3 Å². The van der Waals surface area contributed by atoms with Gasteiger partial charge >= 0.3 is 0 Å². The van der Waals surface area contributed by atoms with Gasteiger partial charge in [-0.15, -0.1) is 11.8 Å². The van der Waals surface area contributed by atoms with Gasteiger partial charge in [0, 0.05) is 13.0 Å². The highest BCUT2D eigenvalue weighted by Gasteiger charge is 2.26. The average Bonchev–Trinajstić information content (AvgIpc) is 2.16. The van der Waals surface area contributed by atoms with Gasteiger partial charge in [0.15, 0.2) is 0 Å². The largest absolute Gasteiger partial charge is 0.330 e. The number of likely N-dealkylation sites (N-methyl/N-ethyl adjacent to an activating group) is 1.